The van der Waals surface area contributed by atoms with Crippen molar-refractivity contribution in [3.8, 4) is 0 Å². The zero-order valence-electron chi connectivity index (χ0n) is 4.36. The number of rotatable bonds is 1. The zero-order valence-corrected chi connectivity index (χ0v) is 7.27. The Hall–Kier alpha value is 0.230. The number of allylic oxidation sites excluding steroid dienone is 1. The third-order valence-electron chi connectivity index (χ3n) is 0.540. The van der Waals surface area contributed by atoms with E-state index >= 15 is 0 Å². The van der Waals surface area contributed by atoms with Crippen LogP contribution in [0.5, 0.6) is 0 Å². The Morgan fingerprint density at radius 3 is 2.50 bits per heavy atom. The molecule has 2 nitrogen and oxygen atoms in total. The molecule has 0 aliphatic heterocycles. The molecular weight excluding hydrogens is 238 g/mol. The molecule has 0 heterocycles. The fraction of sp³-hybridized carbons (Fsp3) is 0.250. The van der Waals surface area contributed by atoms with E-state index in [0.29, 0.717) is 5.17 Å². The minimum absolute atomic E-state index is 0.452. The summed E-state index contributed by atoms with van der Waals surface area (Å²) in [4.78, 5) is 3.69. The van der Waals surface area contributed by atoms with Gasteiger partial charge in [-0.15, -0.1) is 0 Å². The van der Waals surface area contributed by atoms with Crippen LogP contribution in [-0.2, 0) is 0 Å². The number of hydrogen-bond acceptors (Lipinski definition) is 2. The second kappa shape index (κ2) is 4.14. The van der Waals surface area contributed by atoms with Gasteiger partial charge < -0.3 is 5.73 Å². The zero-order chi connectivity index (χ0) is 6.57. The number of nitrogens with two attached hydrogens (primary N) is 1. The number of hydrogen-bond donors (Lipinski definition) is 1. The van der Waals surface area contributed by atoms with Gasteiger partial charge in [-0.25, -0.2) is 0 Å². The molecule has 0 saturated carbocycles. The smallest absolute Gasteiger partial charge is 0.138 e. The Morgan fingerprint density at radius 1 is 1.88 bits per heavy atom. The first kappa shape index (κ1) is 8.23. The van der Waals surface area contributed by atoms with Crippen LogP contribution in [0.4, 0.5) is 0 Å². The van der Waals surface area contributed by atoms with Crippen molar-refractivity contribution in [2.45, 2.75) is 0 Å². The fourth-order valence-electron chi connectivity index (χ4n) is 0.176. The van der Waals surface area contributed by atoms with E-state index in [9.17, 15) is 0 Å². The van der Waals surface area contributed by atoms with Crippen molar-refractivity contribution in [2.24, 2.45) is 10.7 Å². The van der Waals surface area contributed by atoms with E-state index < -0.39 is 0 Å². The lowest BCUT2D eigenvalue weighted by molar-refractivity contribution is 1.46. The maximum atomic E-state index is 5.51. The van der Waals surface area contributed by atoms with Gasteiger partial charge >= 0.3 is 0 Å². The average molecular weight is 244 g/mol. The van der Waals surface area contributed by atoms with Gasteiger partial charge in [0.25, 0.3) is 0 Å². The highest BCUT2D eigenvalue weighted by molar-refractivity contribution is 14.1. The van der Waals surface area contributed by atoms with Gasteiger partial charge in [-0.1, -0.05) is 11.6 Å². The monoisotopic (exact) mass is 244 g/mol. The molecule has 0 rings (SSSR count). The molecule has 46 valence electrons. The normalized spacial score (nSPS) is 14.4. The summed E-state index contributed by atoms with van der Waals surface area (Å²) in [6.45, 7) is 0. The second-order valence-electron chi connectivity index (χ2n) is 1.03. The largest absolute Gasteiger partial charge is 0.404 e. The molecule has 0 aliphatic rings. The molecule has 0 unspecified atom stereocenters. The summed E-state index contributed by atoms with van der Waals surface area (Å²) in [5.74, 6) is 0. The summed E-state index contributed by atoms with van der Waals surface area (Å²) < 4.78 is 0.770. The van der Waals surface area contributed by atoms with Crippen molar-refractivity contribution < 1.29 is 0 Å². The summed E-state index contributed by atoms with van der Waals surface area (Å²) in [7, 11) is 1.62. The molecule has 0 atom stereocenters. The van der Waals surface area contributed by atoms with Gasteiger partial charge in [0, 0.05) is 13.2 Å². The van der Waals surface area contributed by atoms with E-state index in [0.717, 1.165) is 3.58 Å². The van der Waals surface area contributed by atoms with E-state index in [-0.39, 0.29) is 0 Å². The highest BCUT2D eigenvalue weighted by atomic mass is 127. The van der Waals surface area contributed by atoms with E-state index in [1.807, 2.05) is 22.6 Å². The Morgan fingerprint density at radius 2 is 2.38 bits per heavy atom. The topological polar surface area (TPSA) is 38.4 Å². The Bertz CT molecular complexity index is 114. The summed E-state index contributed by atoms with van der Waals surface area (Å²) in [5, 5.41) is 0.452. The van der Waals surface area contributed by atoms with Crippen LogP contribution in [0.3, 0.4) is 0 Å². The van der Waals surface area contributed by atoms with Crippen molar-refractivity contribution in [2.75, 3.05) is 7.05 Å². The van der Waals surface area contributed by atoms with E-state index in [1.54, 1.807) is 7.05 Å². The Kier molecular flexibility index (Phi) is 4.26. The molecule has 4 heteroatoms. The van der Waals surface area contributed by atoms with E-state index in [1.165, 1.54) is 6.20 Å². The predicted molar refractivity (Wildman–Crippen MR) is 45.5 cm³/mol. The molecule has 0 bridgehead atoms. The van der Waals surface area contributed by atoms with Crippen LogP contribution in [-0.4, -0.2) is 12.2 Å². The van der Waals surface area contributed by atoms with E-state index in [2.05, 4.69) is 4.99 Å². The van der Waals surface area contributed by atoms with E-state index in [4.69, 9.17) is 17.3 Å². The first-order chi connectivity index (χ1) is 3.72. The van der Waals surface area contributed by atoms with Gasteiger partial charge in [-0.05, 0) is 22.6 Å². The van der Waals surface area contributed by atoms with Crippen LogP contribution >= 0.6 is 34.2 Å². The highest BCUT2D eigenvalue weighted by Gasteiger charge is 1.93. The van der Waals surface area contributed by atoms with Crippen LogP contribution in [0.25, 0.3) is 0 Å². The summed E-state index contributed by atoms with van der Waals surface area (Å²) >= 11 is 7.51. The van der Waals surface area contributed by atoms with Crippen molar-refractivity contribution in [3.05, 3.63) is 9.78 Å². The van der Waals surface area contributed by atoms with Gasteiger partial charge in [0.15, 0.2) is 0 Å². The molecule has 0 aromatic rings. The summed E-state index contributed by atoms with van der Waals surface area (Å²) in [5.41, 5.74) is 5.11. The van der Waals surface area contributed by atoms with Crippen molar-refractivity contribution in [1.29, 1.82) is 0 Å². The highest BCUT2D eigenvalue weighted by Crippen LogP contribution is 2.08. The third-order valence-corrected chi connectivity index (χ3v) is 2.10. The van der Waals surface area contributed by atoms with Crippen LogP contribution in [0, 0.1) is 0 Å². The van der Waals surface area contributed by atoms with Gasteiger partial charge in [-0.2, -0.15) is 0 Å². The lowest BCUT2D eigenvalue weighted by Gasteiger charge is -1.88. The molecule has 0 spiro atoms. The van der Waals surface area contributed by atoms with Gasteiger partial charge in [0.2, 0.25) is 0 Å². The molecule has 2 N–H and O–H groups in total. The molecule has 0 radical (unpaired) electrons. The Labute approximate surface area is 66.9 Å². The minimum Gasteiger partial charge on any atom is -0.404 e. The minimum atomic E-state index is 0.452. The molecule has 0 aliphatic carbocycles. The molecule has 8 heavy (non-hydrogen) atoms. The number of nitrogens with zero attached hydrogens (tertiary/aromatic N) is 1. The van der Waals surface area contributed by atoms with Crippen LogP contribution < -0.4 is 5.73 Å². The molecular formula is C4H6ClIN2. The van der Waals surface area contributed by atoms with Gasteiger partial charge in [-0.3, -0.25) is 4.99 Å². The molecule has 0 fully saturated rings. The molecule has 0 saturated heterocycles. The number of halogens is 2. The molecule has 0 aromatic carbocycles. The van der Waals surface area contributed by atoms with Gasteiger partial charge in [0.1, 0.15) is 5.17 Å². The van der Waals surface area contributed by atoms with Crippen molar-refractivity contribution in [1.82, 2.24) is 0 Å². The fourth-order valence-corrected chi connectivity index (χ4v) is 0.480. The molecule has 0 amide bonds. The second-order valence-corrected chi connectivity index (χ2v) is 2.55. The van der Waals surface area contributed by atoms with Crippen molar-refractivity contribution >= 4 is 39.4 Å². The SMILES string of the molecule is CN=C(Cl)/C(I)=C\N. The van der Waals surface area contributed by atoms with Crippen molar-refractivity contribution in [3.63, 3.8) is 0 Å². The van der Waals surface area contributed by atoms with Gasteiger partial charge in [0.05, 0.1) is 3.58 Å². The lowest BCUT2D eigenvalue weighted by Crippen LogP contribution is -1.89. The maximum absolute atomic E-state index is 5.51. The standard InChI is InChI=1S/C4H6ClIN2/c1-8-4(5)3(6)2-7/h2H,7H2,1H3/b3-2+,8-4?. The first-order valence-electron chi connectivity index (χ1n) is 1.92. The van der Waals surface area contributed by atoms with Crippen LogP contribution in [0.2, 0.25) is 0 Å². The average Bonchev–Trinajstić information content (AvgIpc) is 1.84. The first-order valence-corrected chi connectivity index (χ1v) is 3.38. The quantitative estimate of drug-likeness (QED) is 0.551. The predicted octanol–water partition coefficient (Wildman–Crippen LogP) is 1.49. The van der Waals surface area contributed by atoms with Crippen LogP contribution in [0.1, 0.15) is 0 Å². The number of aliphatic imine (C=N–C) groups is 1. The molecule has 0 aromatic heterocycles. The maximum Gasteiger partial charge on any atom is 0.138 e. The third kappa shape index (κ3) is 2.52. The summed E-state index contributed by atoms with van der Waals surface area (Å²) in [6.07, 6.45) is 1.41. The van der Waals surface area contributed by atoms with Crippen LogP contribution in [0.15, 0.2) is 14.8 Å². The summed E-state index contributed by atoms with van der Waals surface area (Å²) in [6, 6.07) is 0. The Balaban J connectivity index is 4.04. The lowest BCUT2D eigenvalue weighted by atomic mass is 10.6.